The highest BCUT2D eigenvalue weighted by Crippen LogP contribution is 2.23. The number of nitrogens with two attached hydrogens (primary N) is 1. The van der Waals surface area contributed by atoms with Crippen molar-refractivity contribution in [1.29, 1.82) is 5.26 Å². The van der Waals surface area contributed by atoms with Crippen molar-refractivity contribution in [2.45, 2.75) is 6.04 Å². The first-order valence-corrected chi connectivity index (χ1v) is 4.81. The molecule has 72 valence electrons. The smallest absolute Gasteiger partial charge is 0.118 e. The highest BCUT2D eigenvalue weighted by Gasteiger charge is 2.04. The van der Waals surface area contributed by atoms with Crippen LogP contribution in [-0.2, 0) is 0 Å². The largest absolute Gasteiger partial charge is 0.312 e. The Bertz CT molecular complexity index is 472. The number of nitrogens with zero attached hydrogens (tertiary/aromatic N) is 1. The molecule has 0 aliphatic heterocycles. The van der Waals surface area contributed by atoms with Gasteiger partial charge in [-0.15, -0.1) is 23.7 Å². The summed E-state index contributed by atoms with van der Waals surface area (Å²) in [5.74, 6) is 0. The second-order valence-electron chi connectivity index (χ2n) is 2.82. The van der Waals surface area contributed by atoms with Crippen LogP contribution >= 0.6 is 23.7 Å². The van der Waals surface area contributed by atoms with Gasteiger partial charge in [-0.2, -0.15) is 5.26 Å². The third kappa shape index (κ3) is 1.88. The van der Waals surface area contributed by atoms with Gasteiger partial charge in [-0.3, -0.25) is 0 Å². The second kappa shape index (κ2) is 4.43. The molecule has 4 heteroatoms. The molecular weight excluding hydrogens is 216 g/mol. The van der Waals surface area contributed by atoms with Gasteiger partial charge in [-0.05, 0) is 28.5 Å². The number of rotatable bonds is 1. The van der Waals surface area contributed by atoms with Crippen LogP contribution in [0.2, 0.25) is 0 Å². The summed E-state index contributed by atoms with van der Waals surface area (Å²) >= 11 is 1.66. The lowest BCUT2D eigenvalue weighted by Crippen LogP contribution is -2.06. The minimum atomic E-state index is -0.508. The van der Waals surface area contributed by atoms with Crippen LogP contribution in [-0.4, -0.2) is 0 Å². The summed E-state index contributed by atoms with van der Waals surface area (Å²) in [6, 6.07) is 9.45. The summed E-state index contributed by atoms with van der Waals surface area (Å²) in [5.41, 5.74) is 6.48. The summed E-state index contributed by atoms with van der Waals surface area (Å²) in [5, 5.41) is 11.9. The minimum Gasteiger partial charge on any atom is -0.312 e. The first kappa shape index (κ1) is 11.0. The van der Waals surface area contributed by atoms with E-state index in [9.17, 15) is 0 Å². The molecule has 0 bridgehead atoms. The van der Waals surface area contributed by atoms with Crippen molar-refractivity contribution in [3.63, 3.8) is 0 Å². The van der Waals surface area contributed by atoms with Gasteiger partial charge in [0, 0.05) is 4.70 Å². The van der Waals surface area contributed by atoms with Gasteiger partial charge in [0.15, 0.2) is 0 Å². The molecular formula is C10H9ClN2S. The van der Waals surface area contributed by atoms with Crippen LogP contribution in [0.1, 0.15) is 11.6 Å². The quantitative estimate of drug-likeness (QED) is 0.810. The molecule has 1 heterocycles. The SMILES string of the molecule is Cl.N#CC(N)c1ccc2ccsc2c1. The number of benzene rings is 1. The zero-order valence-electron chi connectivity index (χ0n) is 7.31. The van der Waals surface area contributed by atoms with E-state index in [4.69, 9.17) is 11.0 Å². The Morgan fingerprint density at radius 2 is 2.14 bits per heavy atom. The van der Waals surface area contributed by atoms with Crippen molar-refractivity contribution in [2.75, 3.05) is 0 Å². The van der Waals surface area contributed by atoms with Gasteiger partial charge < -0.3 is 5.73 Å². The molecule has 1 aromatic carbocycles. The standard InChI is InChI=1S/C10H8N2S.ClH/c11-6-9(12)8-2-1-7-3-4-13-10(7)5-8;/h1-5,9H,12H2;1H. The molecule has 0 spiro atoms. The molecule has 2 rings (SSSR count). The Balaban J connectivity index is 0.000000980. The summed E-state index contributed by atoms with van der Waals surface area (Å²) in [7, 11) is 0. The Morgan fingerprint density at radius 3 is 2.86 bits per heavy atom. The number of fused-ring (bicyclic) bond motifs is 1. The van der Waals surface area contributed by atoms with Crippen molar-refractivity contribution in [1.82, 2.24) is 0 Å². The van der Waals surface area contributed by atoms with Gasteiger partial charge in [0.25, 0.3) is 0 Å². The van der Waals surface area contributed by atoms with Crippen molar-refractivity contribution in [3.05, 3.63) is 35.2 Å². The molecule has 14 heavy (non-hydrogen) atoms. The van der Waals surface area contributed by atoms with E-state index in [1.54, 1.807) is 11.3 Å². The van der Waals surface area contributed by atoms with Crippen LogP contribution < -0.4 is 5.73 Å². The number of hydrogen-bond donors (Lipinski definition) is 1. The average Bonchev–Trinajstić information content (AvgIpc) is 2.63. The first-order valence-electron chi connectivity index (χ1n) is 3.93. The highest BCUT2D eigenvalue weighted by molar-refractivity contribution is 7.17. The van der Waals surface area contributed by atoms with Crippen LogP contribution in [0, 0.1) is 11.3 Å². The lowest BCUT2D eigenvalue weighted by Gasteiger charge is -2.01. The monoisotopic (exact) mass is 224 g/mol. The number of hydrogen-bond acceptors (Lipinski definition) is 3. The molecule has 2 nitrogen and oxygen atoms in total. The van der Waals surface area contributed by atoms with Gasteiger partial charge in [0.05, 0.1) is 6.07 Å². The van der Waals surface area contributed by atoms with Gasteiger partial charge >= 0.3 is 0 Å². The molecule has 0 aliphatic rings. The molecule has 2 N–H and O–H groups in total. The molecule has 0 aliphatic carbocycles. The number of nitriles is 1. The molecule has 0 saturated heterocycles. The Kier molecular flexibility index (Phi) is 3.48. The molecule has 0 fully saturated rings. The minimum absolute atomic E-state index is 0. The van der Waals surface area contributed by atoms with Gasteiger partial charge in [-0.25, -0.2) is 0 Å². The molecule has 1 aromatic heterocycles. The van der Waals surface area contributed by atoms with Crippen molar-refractivity contribution in [2.24, 2.45) is 5.73 Å². The third-order valence-electron chi connectivity index (χ3n) is 1.98. The highest BCUT2D eigenvalue weighted by atomic mass is 35.5. The van der Waals surface area contributed by atoms with Gasteiger partial charge in [-0.1, -0.05) is 12.1 Å². The van der Waals surface area contributed by atoms with Gasteiger partial charge in [0.2, 0.25) is 0 Å². The van der Waals surface area contributed by atoms with Crippen LogP contribution in [0.25, 0.3) is 10.1 Å². The first-order chi connectivity index (χ1) is 6.31. The fourth-order valence-electron chi connectivity index (χ4n) is 1.24. The molecule has 2 aromatic rings. The van der Waals surface area contributed by atoms with Crippen LogP contribution in [0.15, 0.2) is 29.6 Å². The predicted octanol–water partition coefficient (Wildman–Crippen LogP) is 2.85. The van der Waals surface area contributed by atoms with Crippen molar-refractivity contribution in [3.8, 4) is 6.07 Å². The zero-order valence-corrected chi connectivity index (χ0v) is 8.94. The topological polar surface area (TPSA) is 49.8 Å². The molecule has 1 atom stereocenters. The summed E-state index contributed by atoms with van der Waals surface area (Å²) < 4.78 is 1.18. The van der Waals surface area contributed by atoms with E-state index in [1.165, 1.54) is 10.1 Å². The average molecular weight is 225 g/mol. The van der Waals surface area contributed by atoms with Gasteiger partial charge in [0.1, 0.15) is 6.04 Å². The Hall–Kier alpha value is -1.08. The maximum Gasteiger partial charge on any atom is 0.118 e. The Morgan fingerprint density at radius 1 is 1.36 bits per heavy atom. The lowest BCUT2D eigenvalue weighted by atomic mass is 10.1. The van der Waals surface area contributed by atoms with E-state index in [2.05, 4.69) is 6.07 Å². The van der Waals surface area contributed by atoms with E-state index in [0.29, 0.717) is 0 Å². The van der Waals surface area contributed by atoms with E-state index in [1.807, 2.05) is 29.6 Å². The number of halogens is 1. The van der Waals surface area contributed by atoms with Crippen LogP contribution in [0.4, 0.5) is 0 Å². The van der Waals surface area contributed by atoms with Crippen molar-refractivity contribution >= 4 is 33.8 Å². The zero-order chi connectivity index (χ0) is 9.26. The van der Waals surface area contributed by atoms with E-state index in [0.717, 1.165) is 5.56 Å². The molecule has 1 unspecified atom stereocenters. The lowest BCUT2D eigenvalue weighted by molar-refractivity contribution is 0.929. The third-order valence-corrected chi connectivity index (χ3v) is 2.86. The Labute approximate surface area is 92.4 Å². The normalized spacial score (nSPS) is 11.7. The van der Waals surface area contributed by atoms with E-state index < -0.39 is 6.04 Å². The van der Waals surface area contributed by atoms with Crippen LogP contribution in [0.5, 0.6) is 0 Å². The summed E-state index contributed by atoms with van der Waals surface area (Å²) in [6.07, 6.45) is 0. The van der Waals surface area contributed by atoms with Crippen molar-refractivity contribution < 1.29 is 0 Å². The predicted molar refractivity (Wildman–Crippen MR) is 61.6 cm³/mol. The molecule has 0 amide bonds. The summed E-state index contributed by atoms with van der Waals surface area (Å²) in [4.78, 5) is 0. The maximum absolute atomic E-state index is 8.64. The van der Waals surface area contributed by atoms with E-state index in [-0.39, 0.29) is 12.4 Å². The van der Waals surface area contributed by atoms with Crippen LogP contribution in [0.3, 0.4) is 0 Å². The summed E-state index contributed by atoms with van der Waals surface area (Å²) in [6.45, 7) is 0. The fraction of sp³-hybridized carbons (Fsp3) is 0.100. The molecule has 0 radical (unpaired) electrons. The maximum atomic E-state index is 8.64. The fourth-order valence-corrected chi connectivity index (χ4v) is 2.08. The van der Waals surface area contributed by atoms with E-state index >= 15 is 0 Å². The second-order valence-corrected chi connectivity index (χ2v) is 3.77. The number of thiophene rings is 1. The molecule has 0 saturated carbocycles.